The van der Waals surface area contributed by atoms with Gasteiger partial charge in [-0.3, -0.25) is 0 Å². The molecule has 0 aromatic carbocycles. The zero-order valence-corrected chi connectivity index (χ0v) is 12.8. The second-order valence-corrected chi connectivity index (χ2v) is 8.63. The first-order valence-corrected chi connectivity index (χ1v) is 8.44. The number of halogens is 1. The average Bonchev–Trinajstić information content (AvgIpc) is 3.08. The van der Waals surface area contributed by atoms with Gasteiger partial charge in [0.1, 0.15) is 16.8 Å². The Kier molecular flexibility index (Phi) is 3.75. The van der Waals surface area contributed by atoms with Crippen molar-refractivity contribution in [3.05, 3.63) is 17.0 Å². The summed E-state index contributed by atoms with van der Waals surface area (Å²) in [5.74, 6) is 1.73. The number of nitrogens with one attached hydrogen (secondary N) is 1. The van der Waals surface area contributed by atoms with Gasteiger partial charge in [0.15, 0.2) is 9.84 Å². The molecule has 1 fully saturated rings. The first-order chi connectivity index (χ1) is 8.69. The second kappa shape index (κ2) is 4.90. The number of hydrogen-bond acceptors (Lipinski definition) is 5. The van der Waals surface area contributed by atoms with E-state index in [2.05, 4.69) is 15.3 Å². The van der Waals surface area contributed by atoms with Gasteiger partial charge in [-0.25, -0.2) is 18.4 Å². The molecule has 1 aliphatic rings. The van der Waals surface area contributed by atoms with Crippen LogP contribution in [0.4, 0.5) is 5.82 Å². The number of nitrogens with zero attached hydrogens (tertiary/aromatic N) is 2. The lowest BCUT2D eigenvalue weighted by molar-refractivity contribution is 0.559. The molecule has 1 saturated carbocycles. The summed E-state index contributed by atoms with van der Waals surface area (Å²) in [6.45, 7) is 3.64. The molecule has 7 heteroatoms. The Balaban J connectivity index is 2.11. The minimum atomic E-state index is -3.14. The van der Waals surface area contributed by atoms with E-state index in [1.807, 2.05) is 0 Å². The van der Waals surface area contributed by atoms with Crippen LogP contribution in [0.25, 0.3) is 0 Å². The second-order valence-electron chi connectivity index (χ2n) is 5.59. The van der Waals surface area contributed by atoms with Crippen LogP contribution in [-0.4, -0.2) is 35.9 Å². The summed E-state index contributed by atoms with van der Waals surface area (Å²) in [7, 11) is -3.14. The van der Waals surface area contributed by atoms with Crippen molar-refractivity contribution < 1.29 is 8.42 Å². The Morgan fingerprint density at radius 3 is 2.58 bits per heavy atom. The van der Waals surface area contributed by atoms with Crippen LogP contribution in [0.2, 0.25) is 5.15 Å². The Hall–Kier alpha value is -0.880. The summed E-state index contributed by atoms with van der Waals surface area (Å²) in [5.41, 5.74) is 0. The molecule has 106 valence electrons. The van der Waals surface area contributed by atoms with Gasteiger partial charge in [-0.15, -0.1) is 0 Å². The summed E-state index contributed by atoms with van der Waals surface area (Å²) in [4.78, 5) is 8.56. The van der Waals surface area contributed by atoms with E-state index in [1.54, 1.807) is 19.9 Å². The molecule has 1 heterocycles. The lowest BCUT2D eigenvalue weighted by Crippen LogP contribution is -2.38. The van der Waals surface area contributed by atoms with E-state index in [9.17, 15) is 8.42 Å². The topological polar surface area (TPSA) is 72.0 Å². The van der Waals surface area contributed by atoms with E-state index in [1.165, 1.54) is 6.26 Å². The van der Waals surface area contributed by atoms with Crippen molar-refractivity contribution in [1.82, 2.24) is 9.97 Å². The maximum Gasteiger partial charge on any atom is 0.154 e. The van der Waals surface area contributed by atoms with Crippen LogP contribution in [0, 0.1) is 0 Å². The first kappa shape index (κ1) is 14.5. The number of sulfone groups is 1. The zero-order valence-electron chi connectivity index (χ0n) is 11.3. The molecule has 0 aliphatic heterocycles. The summed E-state index contributed by atoms with van der Waals surface area (Å²) in [6, 6.07) is 1.62. The Morgan fingerprint density at radius 1 is 1.42 bits per heavy atom. The molecule has 0 bridgehead atoms. The van der Waals surface area contributed by atoms with Gasteiger partial charge in [0.05, 0.1) is 4.75 Å². The van der Waals surface area contributed by atoms with Crippen molar-refractivity contribution >= 4 is 27.3 Å². The third kappa shape index (κ3) is 3.57. The molecule has 0 amide bonds. The highest BCUT2D eigenvalue weighted by Gasteiger charge is 2.31. The highest BCUT2D eigenvalue weighted by atomic mass is 35.5. The standard InChI is InChI=1S/C12H18ClN3O2S/c1-12(2,19(3,17)18)7-14-10-6-9(13)15-11(16-10)8-4-5-8/h6,8H,4-5,7H2,1-3H3,(H,14,15,16). The van der Waals surface area contributed by atoms with Crippen LogP contribution in [0.3, 0.4) is 0 Å². The van der Waals surface area contributed by atoms with Gasteiger partial charge in [-0.05, 0) is 26.7 Å². The Labute approximate surface area is 118 Å². The summed E-state index contributed by atoms with van der Waals surface area (Å²) in [6.07, 6.45) is 3.42. The van der Waals surface area contributed by atoms with Crippen molar-refractivity contribution in [3.63, 3.8) is 0 Å². The van der Waals surface area contributed by atoms with Crippen molar-refractivity contribution in [2.75, 3.05) is 18.1 Å². The largest absolute Gasteiger partial charge is 0.368 e. The zero-order chi connectivity index (χ0) is 14.3. The van der Waals surface area contributed by atoms with E-state index in [-0.39, 0.29) is 6.54 Å². The molecule has 0 saturated heterocycles. The molecule has 0 atom stereocenters. The summed E-state index contributed by atoms with van der Waals surface area (Å²) < 4.78 is 22.4. The molecular formula is C12H18ClN3O2S. The quantitative estimate of drug-likeness (QED) is 0.845. The number of rotatable bonds is 5. The molecule has 0 radical (unpaired) electrons. The fourth-order valence-electron chi connectivity index (χ4n) is 1.48. The lowest BCUT2D eigenvalue weighted by Gasteiger charge is -2.23. The van der Waals surface area contributed by atoms with Crippen molar-refractivity contribution in [2.24, 2.45) is 0 Å². The molecular weight excluding hydrogens is 286 g/mol. The highest BCUT2D eigenvalue weighted by molar-refractivity contribution is 7.92. The molecule has 19 heavy (non-hydrogen) atoms. The molecule has 1 aliphatic carbocycles. The van der Waals surface area contributed by atoms with Gasteiger partial charge in [0, 0.05) is 24.8 Å². The van der Waals surface area contributed by atoms with Gasteiger partial charge in [0.2, 0.25) is 0 Å². The number of hydrogen-bond donors (Lipinski definition) is 1. The molecule has 0 spiro atoms. The molecule has 1 aromatic rings. The predicted octanol–water partition coefficient (Wildman–Crippen LogP) is 2.24. The molecule has 1 aromatic heterocycles. The maximum atomic E-state index is 11.6. The van der Waals surface area contributed by atoms with Crippen molar-refractivity contribution in [2.45, 2.75) is 37.4 Å². The van der Waals surface area contributed by atoms with E-state index >= 15 is 0 Å². The van der Waals surface area contributed by atoms with Crippen LogP contribution in [0.15, 0.2) is 6.07 Å². The third-order valence-electron chi connectivity index (χ3n) is 3.35. The van der Waals surface area contributed by atoms with E-state index < -0.39 is 14.6 Å². The van der Waals surface area contributed by atoms with Crippen LogP contribution in [0.1, 0.15) is 38.4 Å². The van der Waals surface area contributed by atoms with E-state index in [0.29, 0.717) is 16.9 Å². The summed E-state index contributed by atoms with van der Waals surface area (Å²) >= 11 is 5.95. The fourth-order valence-corrected chi connectivity index (χ4v) is 2.01. The monoisotopic (exact) mass is 303 g/mol. The predicted molar refractivity (Wildman–Crippen MR) is 76.4 cm³/mol. The van der Waals surface area contributed by atoms with Crippen molar-refractivity contribution in [1.29, 1.82) is 0 Å². The minimum Gasteiger partial charge on any atom is -0.368 e. The molecule has 0 unspecified atom stereocenters. The first-order valence-electron chi connectivity index (χ1n) is 6.17. The lowest BCUT2D eigenvalue weighted by atomic mass is 10.2. The fraction of sp³-hybridized carbons (Fsp3) is 0.667. The van der Waals surface area contributed by atoms with Gasteiger partial charge in [-0.2, -0.15) is 0 Å². The molecule has 1 N–H and O–H groups in total. The van der Waals surface area contributed by atoms with E-state index in [0.717, 1.165) is 18.7 Å². The Bertz CT molecular complexity index is 583. The normalized spacial score (nSPS) is 16.4. The van der Waals surface area contributed by atoms with Gasteiger partial charge in [-0.1, -0.05) is 11.6 Å². The molecule has 5 nitrogen and oxygen atoms in total. The smallest absolute Gasteiger partial charge is 0.154 e. The van der Waals surface area contributed by atoms with Crippen LogP contribution < -0.4 is 5.32 Å². The summed E-state index contributed by atoms with van der Waals surface area (Å²) in [5, 5.41) is 3.43. The minimum absolute atomic E-state index is 0.281. The highest BCUT2D eigenvalue weighted by Crippen LogP contribution is 2.38. The van der Waals surface area contributed by atoms with Gasteiger partial charge >= 0.3 is 0 Å². The maximum absolute atomic E-state index is 11.6. The number of anilines is 1. The SMILES string of the molecule is CC(C)(CNc1cc(Cl)nc(C2CC2)n1)S(C)(=O)=O. The van der Waals surface area contributed by atoms with Crippen LogP contribution in [0.5, 0.6) is 0 Å². The molecule has 2 rings (SSSR count). The Morgan fingerprint density at radius 2 is 2.05 bits per heavy atom. The van der Waals surface area contributed by atoms with E-state index in [4.69, 9.17) is 11.6 Å². The van der Waals surface area contributed by atoms with Crippen LogP contribution in [-0.2, 0) is 9.84 Å². The third-order valence-corrected chi connectivity index (χ3v) is 5.70. The van der Waals surface area contributed by atoms with Crippen LogP contribution >= 0.6 is 11.6 Å². The van der Waals surface area contributed by atoms with Gasteiger partial charge < -0.3 is 5.32 Å². The van der Waals surface area contributed by atoms with Gasteiger partial charge in [0.25, 0.3) is 0 Å². The van der Waals surface area contributed by atoms with Crippen molar-refractivity contribution in [3.8, 4) is 0 Å². The number of aromatic nitrogens is 2. The average molecular weight is 304 g/mol.